The molecule has 0 unspecified atom stereocenters. The smallest absolute Gasteiger partial charge is 0.338 e. The summed E-state index contributed by atoms with van der Waals surface area (Å²) < 4.78 is 6.65. The van der Waals surface area contributed by atoms with Crippen molar-refractivity contribution in [3.05, 3.63) is 69.5 Å². The molecule has 12 heteroatoms. The van der Waals surface area contributed by atoms with E-state index in [1.807, 2.05) is 0 Å². The molecule has 9 nitrogen and oxygen atoms in total. The first-order valence-corrected chi connectivity index (χ1v) is 12.3. The van der Waals surface area contributed by atoms with E-state index in [2.05, 4.69) is 20.8 Å². The predicted molar refractivity (Wildman–Crippen MR) is 135 cm³/mol. The molecule has 3 aromatic rings. The Hall–Kier alpha value is -3.08. The molecule has 2 amide bonds. The molecule has 0 aliphatic carbocycles. The number of amides is 2. The van der Waals surface area contributed by atoms with Crippen molar-refractivity contribution in [2.24, 2.45) is 7.05 Å². The van der Waals surface area contributed by atoms with Crippen LogP contribution in [0.4, 0.5) is 5.69 Å². The van der Waals surface area contributed by atoms with Gasteiger partial charge in [-0.2, -0.15) is 0 Å². The highest BCUT2D eigenvalue weighted by molar-refractivity contribution is 7.99. The lowest BCUT2D eigenvalue weighted by atomic mass is 10.2. The average Bonchev–Trinajstić information content (AvgIpc) is 3.18. The van der Waals surface area contributed by atoms with Crippen molar-refractivity contribution in [1.82, 2.24) is 20.1 Å². The van der Waals surface area contributed by atoms with Crippen LogP contribution < -0.4 is 10.6 Å². The molecule has 0 spiro atoms. The van der Waals surface area contributed by atoms with Crippen molar-refractivity contribution in [3.63, 3.8) is 0 Å². The number of rotatable bonds is 9. The lowest BCUT2D eigenvalue weighted by Gasteiger charge is -2.14. The molecule has 0 saturated carbocycles. The van der Waals surface area contributed by atoms with E-state index in [0.29, 0.717) is 39.4 Å². The summed E-state index contributed by atoms with van der Waals surface area (Å²) in [7, 11) is 1.75. The second-order valence-electron chi connectivity index (χ2n) is 7.35. The summed E-state index contributed by atoms with van der Waals surface area (Å²) in [6.07, 6.45) is 0. The molecular weight excluding hydrogens is 513 g/mol. The van der Waals surface area contributed by atoms with Crippen LogP contribution >= 0.6 is 35.0 Å². The molecule has 0 fully saturated rings. The summed E-state index contributed by atoms with van der Waals surface area (Å²) >= 11 is 13.2. The van der Waals surface area contributed by atoms with Crippen LogP contribution in [-0.2, 0) is 16.6 Å². The maximum Gasteiger partial charge on any atom is 0.338 e. The van der Waals surface area contributed by atoms with Gasteiger partial charge in [0.2, 0.25) is 5.91 Å². The number of hydrogen-bond acceptors (Lipinski definition) is 7. The summed E-state index contributed by atoms with van der Waals surface area (Å²) in [5.74, 6) is -0.430. The number of carbonyl (C=O) groups excluding carboxylic acids is 3. The molecule has 35 heavy (non-hydrogen) atoms. The summed E-state index contributed by atoms with van der Waals surface area (Å²) in [6, 6.07) is 10.6. The maximum atomic E-state index is 12.6. The summed E-state index contributed by atoms with van der Waals surface area (Å²) in [5.41, 5.74) is 1.26. The van der Waals surface area contributed by atoms with Gasteiger partial charge in [-0.3, -0.25) is 9.59 Å². The second-order valence-corrected chi connectivity index (χ2v) is 9.14. The van der Waals surface area contributed by atoms with Crippen molar-refractivity contribution in [2.75, 3.05) is 17.7 Å². The molecule has 2 aromatic carbocycles. The molecule has 3 rings (SSSR count). The van der Waals surface area contributed by atoms with Gasteiger partial charge >= 0.3 is 5.97 Å². The SMILES string of the molecule is CCOC(=O)c1ccc(NC(=O)CSc2nnc([C@H](C)NC(=O)c3ccc(Cl)cc3Cl)n2C)cc1. The Bertz CT molecular complexity index is 1230. The zero-order valence-electron chi connectivity index (χ0n) is 19.2. The Morgan fingerprint density at radius 1 is 1.11 bits per heavy atom. The Morgan fingerprint density at radius 3 is 2.49 bits per heavy atom. The van der Waals surface area contributed by atoms with Crippen molar-refractivity contribution in [3.8, 4) is 0 Å². The quantitative estimate of drug-likeness (QED) is 0.305. The molecule has 0 aliphatic rings. The summed E-state index contributed by atoms with van der Waals surface area (Å²) in [6.45, 7) is 3.80. The molecule has 1 heterocycles. The lowest BCUT2D eigenvalue weighted by molar-refractivity contribution is -0.113. The zero-order valence-corrected chi connectivity index (χ0v) is 21.5. The standard InChI is InChI=1S/C23H23Cl2N5O4S/c1-4-34-22(33)14-5-8-16(9-6-14)27-19(31)12-35-23-29-28-20(30(23)3)13(2)26-21(32)17-10-7-15(24)11-18(17)25/h5-11,13H,4,12H2,1-3H3,(H,26,32)(H,27,31)/t13-/m0/s1. The Kier molecular flexibility index (Phi) is 9.13. The molecule has 184 valence electrons. The number of hydrogen-bond donors (Lipinski definition) is 2. The predicted octanol–water partition coefficient (Wildman–Crippen LogP) is 4.52. The van der Waals surface area contributed by atoms with Crippen molar-refractivity contribution < 1.29 is 19.1 Å². The van der Waals surface area contributed by atoms with Crippen LogP contribution in [0.2, 0.25) is 10.0 Å². The average molecular weight is 536 g/mol. The number of nitrogens with zero attached hydrogens (tertiary/aromatic N) is 3. The highest BCUT2D eigenvalue weighted by atomic mass is 35.5. The maximum absolute atomic E-state index is 12.6. The Morgan fingerprint density at radius 2 is 1.83 bits per heavy atom. The van der Waals surface area contributed by atoms with E-state index in [9.17, 15) is 14.4 Å². The number of anilines is 1. The Balaban J connectivity index is 1.55. The van der Waals surface area contributed by atoms with Gasteiger partial charge in [0.25, 0.3) is 5.91 Å². The van der Waals surface area contributed by atoms with E-state index in [4.69, 9.17) is 27.9 Å². The van der Waals surface area contributed by atoms with Gasteiger partial charge in [-0.1, -0.05) is 35.0 Å². The van der Waals surface area contributed by atoms with Crippen LogP contribution in [0.15, 0.2) is 47.6 Å². The second kappa shape index (κ2) is 12.1. The van der Waals surface area contributed by atoms with Gasteiger partial charge in [-0.25, -0.2) is 4.79 Å². The normalized spacial score (nSPS) is 11.6. The van der Waals surface area contributed by atoms with Gasteiger partial charge in [0.05, 0.1) is 34.6 Å². The molecular formula is C23H23Cl2N5O4S. The number of aromatic nitrogens is 3. The van der Waals surface area contributed by atoms with Crippen LogP contribution in [0.1, 0.15) is 46.4 Å². The van der Waals surface area contributed by atoms with E-state index >= 15 is 0 Å². The molecule has 0 bridgehead atoms. The number of carbonyl (C=O) groups is 3. The van der Waals surface area contributed by atoms with Gasteiger partial charge in [0, 0.05) is 17.8 Å². The van der Waals surface area contributed by atoms with Crippen LogP contribution in [-0.4, -0.2) is 44.9 Å². The Labute approximate surface area is 216 Å². The number of benzene rings is 2. The monoisotopic (exact) mass is 535 g/mol. The molecule has 0 saturated heterocycles. The van der Waals surface area contributed by atoms with E-state index in [1.54, 1.807) is 61.9 Å². The number of esters is 1. The van der Waals surface area contributed by atoms with Crippen LogP contribution in [0, 0.1) is 0 Å². The van der Waals surface area contributed by atoms with Crippen LogP contribution in [0.3, 0.4) is 0 Å². The fraction of sp³-hybridized carbons (Fsp3) is 0.261. The number of ether oxygens (including phenoxy) is 1. The first-order valence-electron chi connectivity index (χ1n) is 10.5. The van der Waals surface area contributed by atoms with Gasteiger partial charge in [0.1, 0.15) is 0 Å². The minimum atomic E-state index is -0.465. The minimum Gasteiger partial charge on any atom is -0.462 e. The largest absolute Gasteiger partial charge is 0.462 e. The summed E-state index contributed by atoms with van der Waals surface area (Å²) in [5, 5.41) is 15.1. The van der Waals surface area contributed by atoms with Crippen molar-refractivity contribution >= 4 is 58.4 Å². The third kappa shape index (κ3) is 6.97. The number of halogens is 2. The zero-order chi connectivity index (χ0) is 25.5. The highest BCUT2D eigenvalue weighted by Crippen LogP contribution is 2.23. The summed E-state index contributed by atoms with van der Waals surface area (Å²) in [4.78, 5) is 36.7. The fourth-order valence-corrected chi connectivity index (χ4v) is 4.29. The van der Waals surface area contributed by atoms with Crippen molar-refractivity contribution in [1.29, 1.82) is 0 Å². The van der Waals surface area contributed by atoms with E-state index in [0.717, 1.165) is 0 Å². The number of nitrogens with one attached hydrogen (secondary N) is 2. The lowest BCUT2D eigenvalue weighted by Crippen LogP contribution is -2.28. The molecule has 1 atom stereocenters. The van der Waals surface area contributed by atoms with Gasteiger partial charge in [-0.15, -0.1) is 10.2 Å². The van der Waals surface area contributed by atoms with Crippen molar-refractivity contribution in [2.45, 2.75) is 25.0 Å². The topological polar surface area (TPSA) is 115 Å². The molecule has 0 aliphatic heterocycles. The fourth-order valence-electron chi connectivity index (χ4n) is 3.07. The van der Waals surface area contributed by atoms with Crippen LogP contribution in [0.5, 0.6) is 0 Å². The van der Waals surface area contributed by atoms with Gasteiger partial charge in [0.15, 0.2) is 11.0 Å². The first kappa shape index (κ1) is 26.5. The van der Waals surface area contributed by atoms with Gasteiger partial charge in [-0.05, 0) is 56.3 Å². The third-order valence-corrected chi connectivity index (χ3v) is 6.36. The minimum absolute atomic E-state index is 0.0900. The molecule has 0 radical (unpaired) electrons. The van der Waals surface area contributed by atoms with Gasteiger partial charge < -0.3 is 19.9 Å². The molecule has 1 aromatic heterocycles. The van der Waals surface area contributed by atoms with E-state index < -0.39 is 12.0 Å². The number of thioether (sulfide) groups is 1. The van der Waals surface area contributed by atoms with Crippen LogP contribution in [0.25, 0.3) is 0 Å². The van der Waals surface area contributed by atoms with E-state index in [1.165, 1.54) is 17.8 Å². The highest BCUT2D eigenvalue weighted by Gasteiger charge is 2.20. The third-order valence-electron chi connectivity index (χ3n) is 4.79. The first-order chi connectivity index (χ1) is 16.7. The van der Waals surface area contributed by atoms with E-state index in [-0.39, 0.29) is 22.6 Å². The molecule has 2 N–H and O–H groups in total.